The van der Waals surface area contributed by atoms with Gasteiger partial charge in [-0.3, -0.25) is 0 Å². The standard InChI is InChI=1S/C13H20ClNO/c1-4-13(3,16)9-15-10(2)11-7-5-6-8-12(11)14/h5-8,10,15-16H,4,9H2,1-3H3/t10-,13?/m0/s1. The molecule has 0 fully saturated rings. The first-order valence-electron chi connectivity index (χ1n) is 5.66. The molecule has 1 rings (SSSR count). The van der Waals surface area contributed by atoms with Crippen LogP contribution in [0.25, 0.3) is 0 Å². The Hall–Kier alpha value is -0.570. The molecule has 1 aromatic carbocycles. The highest BCUT2D eigenvalue weighted by molar-refractivity contribution is 6.31. The molecule has 16 heavy (non-hydrogen) atoms. The Labute approximate surface area is 103 Å². The van der Waals surface area contributed by atoms with E-state index in [1.807, 2.05) is 45.0 Å². The normalized spacial score (nSPS) is 16.8. The minimum absolute atomic E-state index is 0.145. The van der Waals surface area contributed by atoms with E-state index in [0.29, 0.717) is 6.54 Å². The molecule has 0 heterocycles. The van der Waals surface area contributed by atoms with Crippen LogP contribution in [0.15, 0.2) is 24.3 Å². The van der Waals surface area contributed by atoms with E-state index in [-0.39, 0.29) is 6.04 Å². The van der Waals surface area contributed by atoms with Crippen LogP contribution < -0.4 is 5.32 Å². The van der Waals surface area contributed by atoms with E-state index >= 15 is 0 Å². The first kappa shape index (κ1) is 13.5. The van der Waals surface area contributed by atoms with Gasteiger partial charge >= 0.3 is 0 Å². The highest BCUT2D eigenvalue weighted by Crippen LogP contribution is 2.22. The van der Waals surface area contributed by atoms with Crippen molar-refractivity contribution in [3.63, 3.8) is 0 Å². The zero-order valence-corrected chi connectivity index (χ0v) is 10.9. The van der Waals surface area contributed by atoms with Gasteiger partial charge in [-0.25, -0.2) is 0 Å². The predicted octanol–water partition coefficient (Wildman–Crippen LogP) is 3.15. The number of benzene rings is 1. The highest BCUT2D eigenvalue weighted by atomic mass is 35.5. The zero-order chi connectivity index (χ0) is 12.2. The van der Waals surface area contributed by atoms with E-state index in [9.17, 15) is 5.11 Å². The summed E-state index contributed by atoms with van der Waals surface area (Å²) in [6.45, 7) is 6.42. The zero-order valence-electron chi connectivity index (χ0n) is 10.1. The molecule has 0 bridgehead atoms. The summed E-state index contributed by atoms with van der Waals surface area (Å²) < 4.78 is 0. The molecule has 90 valence electrons. The summed E-state index contributed by atoms with van der Waals surface area (Å²) in [6, 6.07) is 7.91. The van der Waals surface area contributed by atoms with Gasteiger partial charge < -0.3 is 10.4 Å². The largest absolute Gasteiger partial charge is 0.389 e. The molecule has 0 aliphatic rings. The van der Waals surface area contributed by atoms with Crippen molar-refractivity contribution in [2.24, 2.45) is 0 Å². The van der Waals surface area contributed by atoms with E-state index < -0.39 is 5.60 Å². The van der Waals surface area contributed by atoms with Crippen LogP contribution in [0.2, 0.25) is 5.02 Å². The van der Waals surface area contributed by atoms with Crippen LogP contribution in [0.4, 0.5) is 0 Å². The molecule has 1 unspecified atom stereocenters. The molecule has 1 aromatic rings. The van der Waals surface area contributed by atoms with E-state index in [1.165, 1.54) is 0 Å². The third-order valence-corrected chi connectivity index (χ3v) is 3.27. The number of rotatable bonds is 5. The number of halogens is 1. The van der Waals surface area contributed by atoms with E-state index in [1.54, 1.807) is 0 Å². The van der Waals surface area contributed by atoms with Crippen molar-refractivity contribution in [3.8, 4) is 0 Å². The van der Waals surface area contributed by atoms with Crippen LogP contribution in [0.3, 0.4) is 0 Å². The number of aliphatic hydroxyl groups is 1. The van der Waals surface area contributed by atoms with Crippen molar-refractivity contribution in [3.05, 3.63) is 34.9 Å². The van der Waals surface area contributed by atoms with Gasteiger partial charge in [-0.2, -0.15) is 0 Å². The maximum absolute atomic E-state index is 9.89. The molecular weight excluding hydrogens is 222 g/mol. The van der Waals surface area contributed by atoms with Crippen molar-refractivity contribution in [2.75, 3.05) is 6.54 Å². The summed E-state index contributed by atoms with van der Waals surface area (Å²) in [6.07, 6.45) is 0.731. The molecule has 2 atom stereocenters. The Morgan fingerprint density at radius 1 is 1.44 bits per heavy atom. The maximum atomic E-state index is 9.89. The van der Waals surface area contributed by atoms with Gasteiger partial charge in [0, 0.05) is 17.6 Å². The van der Waals surface area contributed by atoms with Gasteiger partial charge in [0.2, 0.25) is 0 Å². The van der Waals surface area contributed by atoms with Crippen LogP contribution in [-0.4, -0.2) is 17.3 Å². The molecule has 0 amide bonds. The molecule has 2 nitrogen and oxygen atoms in total. The van der Waals surface area contributed by atoms with Crippen LogP contribution in [0.5, 0.6) is 0 Å². The minimum atomic E-state index is -0.657. The third kappa shape index (κ3) is 3.78. The van der Waals surface area contributed by atoms with Gasteiger partial charge in [-0.15, -0.1) is 0 Å². The van der Waals surface area contributed by atoms with Crippen LogP contribution in [0, 0.1) is 0 Å². The Morgan fingerprint density at radius 2 is 2.06 bits per heavy atom. The van der Waals surface area contributed by atoms with Crippen molar-refractivity contribution >= 4 is 11.6 Å². The summed E-state index contributed by atoms with van der Waals surface area (Å²) in [5.41, 5.74) is 0.409. The number of hydrogen-bond donors (Lipinski definition) is 2. The monoisotopic (exact) mass is 241 g/mol. The second-order valence-corrected chi connectivity index (χ2v) is 4.88. The average molecular weight is 242 g/mol. The number of hydrogen-bond acceptors (Lipinski definition) is 2. The van der Waals surface area contributed by atoms with Crippen LogP contribution in [0.1, 0.15) is 38.8 Å². The maximum Gasteiger partial charge on any atom is 0.0741 e. The van der Waals surface area contributed by atoms with Crippen LogP contribution >= 0.6 is 11.6 Å². The summed E-state index contributed by atoms with van der Waals surface area (Å²) in [7, 11) is 0. The molecule has 0 saturated carbocycles. The summed E-state index contributed by atoms with van der Waals surface area (Å²) in [5, 5.41) is 14.0. The fraction of sp³-hybridized carbons (Fsp3) is 0.538. The van der Waals surface area contributed by atoms with Gasteiger partial charge in [0.05, 0.1) is 5.60 Å². The van der Waals surface area contributed by atoms with Gasteiger partial charge in [0.15, 0.2) is 0 Å². The van der Waals surface area contributed by atoms with E-state index in [4.69, 9.17) is 11.6 Å². The molecule has 0 radical (unpaired) electrons. The van der Waals surface area contributed by atoms with Crippen molar-refractivity contribution < 1.29 is 5.11 Å². The van der Waals surface area contributed by atoms with Crippen molar-refractivity contribution in [1.82, 2.24) is 5.32 Å². The second kappa shape index (κ2) is 5.67. The second-order valence-electron chi connectivity index (χ2n) is 4.47. The average Bonchev–Trinajstić information content (AvgIpc) is 2.27. The molecule has 0 aliphatic heterocycles. The number of nitrogens with one attached hydrogen (secondary N) is 1. The van der Waals surface area contributed by atoms with Crippen molar-refractivity contribution in [1.29, 1.82) is 0 Å². The van der Waals surface area contributed by atoms with Crippen LogP contribution in [-0.2, 0) is 0 Å². The third-order valence-electron chi connectivity index (χ3n) is 2.92. The van der Waals surface area contributed by atoms with E-state index in [0.717, 1.165) is 17.0 Å². The van der Waals surface area contributed by atoms with Gasteiger partial charge in [0.1, 0.15) is 0 Å². The summed E-state index contributed by atoms with van der Waals surface area (Å²) >= 11 is 6.10. The Kier molecular flexibility index (Phi) is 4.78. The lowest BCUT2D eigenvalue weighted by atomic mass is 10.0. The molecule has 3 heteroatoms. The first-order chi connectivity index (χ1) is 7.46. The highest BCUT2D eigenvalue weighted by Gasteiger charge is 2.19. The quantitative estimate of drug-likeness (QED) is 0.830. The van der Waals surface area contributed by atoms with E-state index in [2.05, 4.69) is 5.32 Å². The fourth-order valence-corrected chi connectivity index (χ4v) is 1.73. The van der Waals surface area contributed by atoms with Crippen molar-refractivity contribution in [2.45, 2.75) is 38.8 Å². The Bertz CT molecular complexity index is 338. The lowest BCUT2D eigenvalue weighted by molar-refractivity contribution is 0.0533. The Morgan fingerprint density at radius 3 is 2.62 bits per heavy atom. The fourth-order valence-electron chi connectivity index (χ4n) is 1.43. The van der Waals surface area contributed by atoms with Gasteiger partial charge in [-0.1, -0.05) is 36.7 Å². The molecule has 0 saturated heterocycles. The first-order valence-corrected chi connectivity index (χ1v) is 6.04. The lowest BCUT2D eigenvalue weighted by Crippen LogP contribution is -2.38. The smallest absolute Gasteiger partial charge is 0.0741 e. The predicted molar refractivity (Wildman–Crippen MR) is 68.8 cm³/mol. The molecule has 2 N–H and O–H groups in total. The van der Waals surface area contributed by atoms with Gasteiger partial charge in [-0.05, 0) is 31.9 Å². The Balaban J connectivity index is 2.60. The molecule has 0 spiro atoms. The molecule has 0 aromatic heterocycles. The topological polar surface area (TPSA) is 32.3 Å². The minimum Gasteiger partial charge on any atom is -0.389 e. The SMILES string of the molecule is CCC(C)(O)CN[C@@H](C)c1ccccc1Cl. The van der Waals surface area contributed by atoms with Gasteiger partial charge in [0.25, 0.3) is 0 Å². The molecular formula is C13H20ClNO. The lowest BCUT2D eigenvalue weighted by Gasteiger charge is -2.25. The summed E-state index contributed by atoms with van der Waals surface area (Å²) in [5.74, 6) is 0. The molecule has 0 aliphatic carbocycles. The summed E-state index contributed by atoms with van der Waals surface area (Å²) in [4.78, 5) is 0.